The van der Waals surface area contributed by atoms with Gasteiger partial charge in [-0.15, -0.1) is 0 Å². The molecule has 16 heavy (non-hydrogen) atoms. The summed E-state index contributed by atoms with van der Waals surface area (Å²) in [5.74, 6) is 0. The van der Waals surface area contributed by atoms with Crippen molar-refractivity contribution in [1.29, 1.82) is 0 Å². The zero-order chi connectivity index (χ0) is 11.8. The predicted molar refractivity (Wildman–Crippen MR) is 65.8 cm³/mol. The van der Waals surface area contributed by atoms with Crippen molar-refractivity contribution in [3.63, 3.8) is 0 Å². The van der Waals surface area contributed by atoms with Crippen molar-refractivity contribution < 1.29 is 9.47 Å². The van der Waals surface area contributed by atoms with Crippen molar-refractivity contribution in [2.45, 2.75) is 32.4 Å². The Kier molecular flexibility index (Phi) is 6.96. The predicted octanol–water partition coefficient (Wildman–Crippen LogP) is 0.722. The van der Waals surface area contributed by atoms with Crippen LogP contribution in [0.25, 0.3) is 0 Å². The molecule has 0 bridgehead atoms. The maximum atomic E-state index is 5.67. The van der Waals surface area contributed by atoms with Crippen LogP contribution in [-0.2, 0) is 9.47 Å². The molecule has 1 fully saturated rings. The minimum absolute atomic E-state index is 0.426. The van der Waals surface area contributed by atoms with Gasteiger partial charge in [0.25, 0.3) is 0 Å². The fourth-order valence-electron chi connectivity index (χ4n) is 2.00. The minimum Gasteiger partial charge on any atom is -0.383 e. The summed E-state index contributed by atoms with van der Waals surface area (Å²) in [5, 5.41) is 3.41. The molecule has 4 heteroatoms. The molecule has 1 saturated heterocycles. The number of nitrogens with zero attached hydrogens (tertiary/aromatic N) is 1. The van der Waals surface area contributed by atoms with Crippen LogP contribution in [0, 0.1) is 0 Å². The molecule has 0 radical (unpaired) electrons. The highest BCUT2D eigenvalue weighted by molar-refractivity contribution is 4.76. The molecule has 4 nitrogen and oxygen atoms in total. The van der Waals surface area contributed by atoms with Gasteiger partial charge in [0.2, 0.25) is 0 Å². The highest BCUT2D eigenvalue weighted by atomic mass is 16.5. The Bertz CT molecular complexity index is 178. The lowest BCUT2D eigenvalue weighted by Gasteiger charge is -2.36. The topological polar surface area (TPSA) is 33.7 Å². The summed E-state index contributed by atoms with van der Waals surface area (Å²) < 4.78 is 10.7. The first-order valence-electron chi connectivity index (χ1n) is 6.33. The third-order valence-corrected chi connectivity index (χ3v) is 3.17. The number of methoxy groups -OCH3 is 1. The maximum Gasteiger partial charge on any atom is 0.0700 e. The number of nitrogens with one attached hydrogen (secondary N) is 1. The summed E-state index contributed by atoms with van der Waals surface area (Å²) in [6, 6.07) is 0.579. The Labute approximate surface area is 99.3 Å². The van der Waals surface area contributed by atoms with Crippen LogP contribution in [0.1, 0.15) is 20.3 Å². The van der Waals surface area contributed by atoms with Crippen LogP contribution in [0.5, 0.6) is 0 Å². The third-order valence-electron chi connectivity index (χ3n) is 3.17. The van der Waals surface area contributed by atoms with Crippen LogP contribution in [-0.4, -0.2) is 63.5 Å². The molecule has 2 atom stereocenters. The largest absolute Gasteiger partial charge is 0.383 e. The van der Waals surface area contributed by atoms with Crippen LogP contribution < -0.4 is 5.32 Å². The van der Waals surface area contributed by atoms with Gasteiger partial charge in [0.15, 0.2) is 0 Å². The number of ether oxygens (including phenoxy) is 2. The summed E-state index contributed by atoms with van der Waals surface area (Å²) in [6.45, 7) is 10.2. The lowest BCUT2D eigenvalue weighted by molar-refractivity contribution is -0.0417. The van der Waals surface area contributed by atoms with E-state index in [9.17, 15) is 0 Å². The average molecular weight is 230 g/mol. The lowest BCUT2D eigenvalue weighted by Crippen LogP contribution is -2.49. The van der Waals surface area contributed by atoms with E-state index in [4.69, 9.17) is 9.47 Å². The molecule has 1 aliphatic heterocycles. The summed E-state index contributed by atoms with van der Waals surface area (Å²) >= 11 is 0. The van der Waals surface area contributed by atoms with E-state index in [1.54, 1.807) is 7.11 Å². The second-order valence-corrected chi connectivity index (χ2v) is 4.44. The highest BCUT2D eigenvalue weighted by Gasteiger charge is 2.22. The van der Waals surface area contributed by atoms with E-state index in [1.807, 2.05) is 0 Å². The second kappa shape index (κ2) is 8.01. The molecule has 0 spiro atoms. The van der Waals surface area contributed by atoms with Crippen molar-refractivity contribution in [2.24, 2.45) is 0 Å². The Hall–Kier alpha value is -0.160. The van der Waals surface area contributed by atoms with E-state index >= 15 is 0 Å². The quantitative estimate of drug-likeness (QED) is 0.654. The highest BCUT2D eigenvalue weighted by Crippen LogP contribution is 2.10. The normalized spacial score (nSPS) is 24.6. The summed E-state index contributed by atoms with van der Waals surface area (Å²) in [6.07, 6.45) is 1.54. The van der Waals surface area contributed by atoms with Gasteiger partial charge in [0, 0.05) is 39.3 Å². The molecular formula is C12H26N2O2. The molecule has 1 heterocycles. The first kappa shape index (κ1) is 13.9. The van der Waals surface area contributed by atoms with Gasteiger partial charge in [-0.25, -0.2) is 0 Å². The average Bonchev–Trinajstić information content (AvgIpc) is 2.34. The molecule has 2 unspecified atom stereocenters. The van der Waals surface area contributed by atoms with E-state index in [0.29, 0.717) is 12.1 Å². The first-order valence-corrected chi connectivity index (χ1v) is 6.33. The SMILES string of the molecule is CCC1CN(C(C)CNCCOC)CCO1. The van der Waals surface area contributed by atoms with Crippen molar-refractivity contribution in [1.82, 2.24) is 10.2 Å². The molecule has 1 N–H and O–H groups in total. The molecule has 0 amide bonds. The van der Waals surface area contributed by atoms with Gasteiger partial charge >= 0.3 is 0 Å². The third kappa shape index (κ3) is 4.78. The van der Waals surface area contributed by atoms with E-state index in [-0.39, 0.29) is 0 Å². The van der Waals surface area contributed by atoms with Gasteiger partial charge in [0.05, 0.1) is 19.3 Å². The van der Waals surface area contributed by atoms with E-state index in [1.165, 1.54) is 0 Å². The summed E-state index contributed by atoms with van der Waals surface area (Å²) in [5.41, 5.74) is 0. The summed E-state index contributed by atoms with van der Waals surface area (Å²) in [7, 11) is 1.74. The van der Waals surface area contributed by atoms with Gasteiger partial charge in [-0.05, 0) is 13.3 Å². The molecule has 1 rings (SSSR count). The van der Waals surface area contributed by atoms with Crippen molar-refractivity contribution in [3.05, 3.63) is 0 Å². The number of morpholine rings is 1. The molecular weight excluding hydrogens is 204 g/mol. The molecule has 1 aliphatic rings. The van der Waals surface area contributed by atoms with Crippen LogP contribution in [0.4, 0.5) is 0 Å². The Morgan fingerprint density at radius 3 is 3.06 bits per heavy atom. The number of rotatable bonds is 7. The molecule has 0 saturated carbocycles. The molecule has 0 aromatic carbocycles. The van der Waals surface area contributed by atoms with E-state index in [0.717, 1.165) is 45.8 Å². The lowest BCUT2D eigenvalue weighted by atomic mass is 10.2. The van der Waals surface area contributed by atoms with Crippen LogP contribution >= 0.6 is 0 Å². The van der Waals surface area contributed by atoms with Crippen molar-refractivity contribution in [3.8, 4) is 0 Å². The minimum atomic E-state index is 0.426. The first-order chi connectivity index (χ1) is 7.77. The Morgan fingerprint density at radius 1 is 1.56 bits per heavy atom. The Morgan fingerprint density at radius 2 is 2.38 bits per heavy atom. The van der Waals surface area contributed by atoms with Gasteiger partial charge in [0.1, 0.15) is 0 Å². The second-order valence-electron chi connectivity index (χ2n) is 4.44. The van der Waals surface area contributed by atoms with Crippen LogP contribution in [0.15, 0.2) is 0 Å². The van der Waals surface area contributed by atoms with Crippen LogP contribution in [0.3, 0.4) is 0 Å². The molecule has 0 aliphatic carbocycles. The molecule has 96 valence electrons. The standard InChI is InChI=1S/C12H26N2O2/c1-4-12-10-14(6-8-16-12)11(2)9-13-5-7-15-3/h11-13H,4-10H2,1-3H3. The van der Waals surface area contributed by atoms with E-state index < -0.39 is 0 Å². The fraction of sp³-hybridized carbons (Fsp3) is 1.00. The Balaban J connectivity index is 2.16. The van der Waals surface area contributed by atoms with Crippen molar-refractivity contribution in [2.75, 3.05) is 46.5 Å². The van der Waals surface area contributed by atoms with Crippen molar-refractivity contribution >= 4 is 0 Å². The molecule has 0 aromatic heterocycles. The van der Waals surface area contributed by atoms with Gasteiger partial charge < -0.3 is 14.8 Å². The number of hydrogen-bond acceptors (Lipinski definition) is 4. The van der Waals surface area contributed by atoms with Gasteiger partial charge in [-0.3, -0.25) is 4.90 Å². The van der Waals surface area contributed by atoms with Gasteiger partial charge in [-0.1, -0.05) is 6.92 Å². The van der Waals surface area contributed by atoms with E-state index in [2.05, 4.69) is 24.1 Å². The monoisotopic (exact) mass is 230 g/mol. The zero-order valence-corrected chi connectivity index (χ0v) is 10.9. The summed E-state index contributed by atoms with van der Waals surface area (Å²) in [4.78, 5) is 2.51. The number of hydrogen-bond donors (Lipinski definition) is 1. The fourth-order valence-corrected chi connectivity index (χ4v) is 2.00. The van der Waals surface area contributed by atoms with Gasteiger partial charge in [-0.2, -0.15) is 0 Å². The molecule has 0 aromatic rings. The van der Waals surface area contributed by atoms with Crippen LogP contribution in [0.2, 0.25) is 0 Å². The maximum absolute atomic E-state index is 5.67. The zero-order valence-electron chi connectivity index (χ0n) is 10.9. The smallest absolute Gasteiger partial charge is 0.0700 e.